The molecule has 0 fully saturated rings. The van der Waals surface area contributed by atoms with Crippen molar-refractivity contribution in [1.29, 1.82) is 0 Å². The highest BCUT2D eigenvalue weighted by Crippen LogP contribution is 2.28. The normalized spacial score (nSPS) is 12.0. The zero-order valence-corrected chi connectivity index (χ0v) is 13.6. The Morgan fingerprint density at radius 3 is 2.71 bits per heavy atom. The number of benzene rings is 1. The highest BCUT2D eigenvalue weighted by atomic mass is 32.2. The number of carbonyl (C=O) groups excluding carboxylic acids is 1. The molecule has 0 aliphatic carbocycles. The molecule has 0 aliphatic rings. The molecule has 0 bridgehead atoms. The number of fused-ring (bicyclic) bond motifs is 1. The maximum absolute atomic E-state index is 11.8. The lowest BCUT2D eigenvalue weighted by molar-refractivity contribution is -0.116. The van der Waals surface area contributed by atoms with Crippen molar-refractivity contribution >= 4 is 42.6 Å². The molecule has 2 aromatic rings. The van der Waals surface area contributed by atoms with E-state index in [9.17, 15) is 13.2 Å². The standard InChI is InChI=1S/C13H17N3O3S2/c1-8(2)6-12(17)16-13-15-10-5-4-9(7-11(10)20-13)21(18,19)14-3/h4-5,7-8,14H,6H2,1-3H3,(H,15,16,17). The zero-order valence-electron chi connectivity index (χ0n) is 12.0. The summed E-state index contributed by atoms with van der Waals surface area (Å²) in [6.45, 7) is 3.93. The molecule has 2 N–H and O–H groups in total. The fourth-order valence-corrected chi connectivity index (χ4v) is 3.54. The number of nitrogens with one attached hydrogen (secondary N) is 2. The summed E-state index contributed by atoms with van der Waals surface area (Å²) in [5, 5.41) is 3.22. The molecular weight excluding hydrogens is 310 g/mol. The van der Waals surface area contributed by atoms with E-state index >= 15 is 0 Å². The summed E-state index contributed by atoms with van der Waals surface area (Å²) >= 11 is 1.26. The number of aromatic nitrogens is 1. The number of amides is 1. The van der Waals surface area contributed by atoms with Crippen LogP contribution >= 0.6 is 11.3 Å². The summed E-state index contributed by atoms with van der Waals surface area (Å²) in [7, 11) is -2.11. The molecule has 0 spiro atoms. The molecule has 1 aromatic carbocycles. The number of hydrogen-bond acceptors (Lipinski definition) is 5. The number of thiazole rings is 1. The second-order valence-electron chi connectivity index (χ2n) is 5.00. The van der Waals surface area contributed by atoms with E-state index in [2.05, 4.69) is 15.0 Å². The molecular formula is C13H17N3O3S2. The molecule has 0 saturated heterocycles. The summed E-state index contributed by atoms with van der Waals surface area (Å²) in [6.07, 6.45) is 0.426. The van der Waals surface area contributed by atoms with Crippen LogP contribution in [0.1, 0.15) is 20.3 Å². The van der Waals surface area contributed by atoms with Crippen LogP contribution < -0.4 is 10.0 Å². The van der Waals surface area contributed by atoms with E-state index in [-0.39, 0.29) is 16.7 Å². The van der Waals surface area contributed by atoms with Gasteiger partial charge in [0.2, 0.25) is 15.9 Å². The number of anilines is 1. The predicted molar refractivity (Wildman–Crippen MR) is 84.0 cm³/mol. The SMILES string of the molecule is CNS(=O)(=O)c1ccc2nc(NC(=O)CC(C)C)sc2c1. The van der Waals surface area contributed by atoms with Gasteiger partial charge >= 0.3 is 0 Å². The van der Waals surface area contributed by atoms with Crippen LogP contribution in [0.15, 0.2) is 23.1 Å². The molecule has 21 heavy (non-hydrogen) atoms. The van der Waals surface area contributed by atoms with E-state index in [1.54, 1.807) is 12.1 Å². The molecule has 0 radical (unpaired) electrons. The quantitative estimate of drug-likeness (QED) is 0.881. The minimum atomic E-state index is -3.48. The van der Waals surface area contributed by atoms with Gasteiger partial charge in [-0.25, -0.2) is 18.1 Å². The Balaban J connectivity index is 2.28. The van der Waals surface area contributed by atoms with Crippen molar-refractivity contribution in [2.75, 3.05) is 12.4 Å². The first-order valence-corrected chi connectivity index (χ1v) is 8.76. The maximum Gasteiger partial charge on any atom is 0.240 e. The lowest BCUT2D eigenvalue weighted by atomic mass is 10.1. The molecule has 6 nitrogen and oxygen atoms in total. The number of hydrogen-bond donors (Lipinski definition) is 2. The third-order valence-electron chi connectivity index (χ3n) is 2.78. The first-order chi connectivity index (χ1) is 9.81. The van der Waals surface area contributed by atoms with Crippen LogP contribution in [0.3, 0.4) is 0 Å². The lowest BCUT2D eigenvalue weighted by Crippen LogP contribution is -2.18. The molecule has 0 atom stereocenters. The molecule has 0 unspecified atom stereocenters. The average molecular weight is 327 g/mol. The van der Waals surface area contributed by atoms with Crippen LogP contribution in [0.2, 0.25) is 0 Å². The van der Waals surface area contributed by atoms with E-state index in [0.717, 1.165) is 0 Å². The Kier molecular flexibility index (Phi) is 4.60. The van der Waals surface area contributed by atoms with Gasteiger partial charge in [-0.05, 0) is 31.2 Å². The Bertz CT molecular complexity index is 766. The third kappa shape index (κ3) is 3.78. The molecule has 8 heteroatoms. The monoisotopic (exact) mass is 327 g/mol. The van der Waals surface area contributed by atoms with Gasteiger partial charge in [-0.1, -0.05) is 25.2 Å². The Hall–Kier alpha value is -1.51. The zero-order chi connectivity index (χ0) is 15.6. The van der Waals surface area contributed by atoms with Gasteiger partial charge < -0.3 is 5.32 Å². The van der Waals surface area contributed by atoms with E-state index in [4.69, 9.17) is 0 Å². The van der Waals surface area contributed by atoms with Crippen LogP contribution in [0.4, 0.5) is 5.13 Å². The molecule has 1 amide bonds. The van der Waals surface area contributed by atoms with Crippen LogP contribution in [0, 0.1) is 5.92 Å². The van der Waals surface area contributed by atoms with Gasteiger partial charge in [0.15, 0.2) is 5.13 Å². The molecule has 1 aromatic heterocycles. The summed E-state index contributed by atoms with van der Waals surface area (Å²) in [6, 6.07) is 4.68. The van der Waals surface area contributed by atoms with Crippen LogP contribution in [0.5, 0.6) is 0 Å². The van der Waals surface area contributed by atoms with E-state index in [1.807, 2.05) is 13.8 Å². The van der Waals surface area contributed by atoms with E-state index < -0.39 is 10.0 Å². The van der Waals surface area contributed by atoms with Crippen molar-refractivity contribution in [1.82, 2.24) is 9.71 Å². The van der Waals surface area contributed by atoms with Gasteiger partial charge in [-0.2, -0.15) is 0 Å². The Labute approximate surface area is 127 Å². The summed E-state index contributed by atoms with van der Waals surface area (Å²) < 4.78 is 26.5. The predicted octanol–water partition coefficient (Wildman–Crippen LogP) is 2.19. The highest BCUT2D eigenvalue weighted by molar-refractivity contribution is 7.89. The third-order valence-corrected chi connectivity index (χ3v) is 5.12. The summed E-state index contributed by atoms with van der Waals surface area (Å²) in [4.78, 5) is 16.2. The van der Waals surface area contributed by atoms with Crippen molar-refractivity contribution in [2.24, 2.45) is 5.92 Å². The fourth-order valence-electron chi connectivity index (χ4n) is 1.78. The van der Waals surface area contributed by atoms with Crippen molar-refractivity contribution in [3.8, 4) is 0 Å². The second-order valence-corrected chi connectivity index (χ2v) is 7.92. The average Bonchev–Trinajstić information content (AvgIpc) is 2.78. The summed E-state index contributed by atoms with van der Waals surface area (Å²) in [5.41, 5.74) is 0.662. The Morgan fingerprint density at radius 1 is 1.38 bits per heavy atom. The van der Waals surface area contributed by atoms with Crippen LogP contribution in [-0.2, 0) is 14.8 Å². The minimum Gasteiger partial charge on any atom is -0.302 e. The molecule has 114 valence electrons. The molecule has 1 heterocycles. The smallest absolute Gasteiger partial charge is 0.240 e. The summed E-state index contributed by atoms with van der Waals surface area (Å²) in [5.74, 6) is 0.180. The van der Waals surface area contributed by atoms with Crippen LogP contribution in [0.25, 0.3) is 10.2 Å². The number of nitrogens with zero attached hydrogens (tertiary/aromatic N) is 1. The molecule has 0 aliphatic heterocycles. The topological polar surface area (TPSA) is 88.2 Å². The number of rotatable bonds is 5. The largest absolute Gasteiger partial charge is 0.302 e. The van der Waals surface area contributed by atoms with Crippen molar-refractivity contribution in [2.45, 2.75) is 25.2 Å². The maximum atomic E-state index is 11.8. The first-order valence-electron chi connectivity index (χ1n) is 6.46. The Morgan fingerprint density at radius 2 is 2.10 bits per heavy atom. The van der Waals surface area contributed by atoms with Crippen molar-refractivity contribution in [3.63, 3.8) is 0 Å². The van der Waals surface area contributed by atoms with Gasteiger partial charge in [0, 0.05) is 6.42 Å². The van der Waals surface area contributed by atoms with Crippen LogP contribution in [-0.4, -0.2) is 26.4 Å². The van der Waals surface area contributed by atoms with Gasteiger partial charge in [-0.3, -0.25) is 4.79 Å². The lowest BCUT2D eigenvalue weighted by Gasteiger charge is -2.03. The number of carbonyl (C=O) groups is 1. The van der Waals surface area contributed by atoms with Crippen molar-refractivity contribution in [3.05, 3.63) is 18.2 Å². The van der Waals surface area contributed by atoms with Gasteiger partial charge in [-0.15, -0.1) is 0 Å². The molecule has 2 rings (SSSR count). The van der Waals surface area contributed by atoms with Gasteiger partial charge in [0.05, 0.1) is 15.1 Å². The van der Waals surface area contributed by atoms with Crippen molar-refractivity contribution < 1.29 is 13.2 Å². The van der Waals surface area contributed by atoms with E-state index in [1.165, 1.54) is 24.5 Å². The fraction of sp³-hybridized carbons (Fsp3) is 0.385. The highest BCUT2D eigenvalue weighted by Gasteiger charge is 2.14. The molecule has 0 saturated carbocycles. The first kappa shape index (κ1) is 15.9. The minimum absolute atomic E-state index is 0.0906. The second kappa shape index (κ2) is 6.08. The van der Waals surface area contributed by atoms with Gasteiger partial charge in [0.1, 0.15) is 0 Å². The van der Waals surface area contributed by atoms with E-state index in [0.29, 0.717) is 21.8 Å². The number of sulfonamides is 1. The van der Waals surface area contributed by atoms with Gasteiger partial charge in [0.25, 0.3) is 0 Å².